The van der Waals surface area contributed by atoms with Gasteiger partial charge in [0.2, 0.25) is 0 Å². The van der Waals surface area contributed by atoms with Gasteiger partial charge in [-0.25, -0.2) is 9.97 Å². The van der Waals surface area contributed by atoms with Gasteiger partial charge in [0.15, 0.2) is 15.5 Å². The van der Waals surface area contributed by atoms with Crippen molar-refractivity contribution >= 4 is 35.0 Å². The number of hydrogen-bond donors (Lipinski definition) is 0. The van der Waals surface area contributed by atoms with E-state index in [1.165, 1.54) is 11.8 Å². The van der Waals surface area contributed by atoms with E-state index >= 15 is 0 Å². The highest BCUT2D eigenvalue weighted by Crippen LogP contribution is 2.22. The van der Waals surface area contributed by atoms with Crippen LogP contribution in [0, 0.1) is 11.8 Å². The highest BCUT2D eigenvalue weighted by atomic mass is 35.5. The number of nitrogens with zero attached hydrogens (tertiary/aromatic N) is 2. The molecular weight excluding hydrogens is 227 g/mol. The molecule has 0 saturated carbocycles. The van der Waals surface area contributed by atoms with Gasteiger partial charge in [0.25, 0.3) is 0 Å². The second kappa shape index (κ2) is 4.71. The topological polar surface area (TPSA) is 25.8 Å². The summed E-state index contributed by atoms with van der Waals surface area (Å²) < 4.78 is 0. The summed E-state index contributed by atoms with van der Waals surface area (Å²) in [6.07, 6.45) is 1.85. The lowest BCUT2D eigenvalue weighted by molar-refractivity contribution is 0.966. The van der Waals surface area contributed by atoms with Gasteiger partial charge in [0.05, 0.1) is 5.56 Å². The summed E-state index contributed by atoms with van der Waals surface area (Å²) >= 11 is 13.1. The van der Waals surface area contributed by atoms with Crippen LogP contribution in [0.15, 0.2) is 5.16 Å². The minimum absolute atomic E-state index is 0.304. The van der Waals surface area contributed by atoms with Crippen LogP contribution in [0.25, 0.3) is 0 Å². The third-order valence-corrected chi connectivity index (χ3v) is 2.33. The largest absolute Gasteiger partial charge is 0.209 e. The predicted molar refractivity (Wildman–Crippen MR) is 56.4 cm³/mol. The summed E-state index contributed by atoms with van der Waals surface area (Å²) in [4.78, 5) is 8.00. The molecule has 0 bridgehead atoms. The number of hydrogen-bond acceptors (Lipinski definition) is 3. The van der Waals surface area contributed by atoms with E-state index in [0.29, 0.717) is 21.0 Å². The Labute approximate surface area is 91.1 Å². The molecule has 0 spiro atoms. The fraction of sp³-hybridized carbons (Fsp3) is 0.250. The molecule has 1 aromatic rings. The highest BCUT2D eigenvalue weighted by molar-refractivity contribution is 7.98. The molecule has 1 rings (SSSR count). The number of aromatic nitrogens is 2. The van der Waals surface area contributed by atoms with Gasteiger partial charge in [-0.1, -0.05) is 40.9 Å². The maximum absolute atomic E-state index is 5.84. The molecule has 0 saturated heterocycles. The van der Waals surface area contributed by atoms with Crippen LogP contribution in [-0.4, -0.2) is 16.2 Å². The molecule has 0 unspecified atom stereocenters. The van der Waals surface area contributed by atoms with Crippen LogP contribution in [0.5, 0.6) is 0 Å². The Bertz CT molecular complexity index is 358. The summed E-state index contributed by atoms with van der Waals surface area (Å²) in [5.74, 6) is 5.44. The van der Waals surface area contributed by atoms with Crippen molar-refractivity contribution in [3.8, 4) is 11.8 Å². The van der Waals surface area contributed by atoms with Gasteiger partial charge < -0.3 is 0 Å². The van der Waals surface area contributed by atoms with E-state index in [-0.39, 0.29) is 0 Å². The zero-order valence-corrected chi connectivity index (χ0v) is 9.39. The van der Waals surface area contributed by atoms with Gasteiger partial charge in [-0.3, -0.25) is 0 Å². The fourth-order valence-corrected chi connectivity index (χ4v) is 1.66. The normalized spacial score (nSPS) is 9.23. The Kier molecular flexibility index (Phi) is 3.86. The van der Waals surface area contributed by atoms with Crippen LogP contribution in [0.4, 0.5) is 0 Å². The monoisotopic (exact) mass is 232 g/mol. The lowest BCUT2D eigenvalue weighted by atomic mass is 10.3. The lowest BCUT2D eigenvalue weighted by Gasteiger charge is -2.00. The molecule has 0 amide bonds. The lowest BCUT2D eigenvalue weighted by Crippen LogP contribution is -1.92. The third-order valence-electron chi connectivity index (χ3n) is 1.23. The maximum Gasteiger partial charge on any atom is 0.190 e. The number of halogens is 2. The fourth-order valence-electron chi connectivity index (χ4n) is 0.709. The molecule has 0 aliphatic heterocycles. The van der Waals surface area contributed by atoms with E-state index in [1.807, 2.05) is 6.26 Å². The SMILES string of the molecule is CC#Cc1c(Cl)nc(SC)nc1Cl. The minimum atomic E-state index is 0.304. The molecule has 0 fully saturated rings. The van der Waals surface area contributed by atoms with Gasteiger partial charge in [0.1, 0.15) is 0 Å². The number of rotatable bonds is 1. The molecular formula is C8H6Cl2N2S. The molecule has 0 atom stereocenters. The van der Waals surface area contributed by atoms with E-state index in [9.17, 15) is 0 Å². The van der Waals surface area contributed by atoms with Gasteiger partial charge in [0, 0.05) is 0 Å². The summed E-state index contributed by atoms with van der Waals surface area (Å²) in [6.45, 7) is 1.70. The third kappa shape index (κ3) is 2.50. The standard InChI is InChI=1S/C8H6Cl2N2S/c1-3-4-5-6(9)11-8(13-2)12-7(5)10/h1-2H3. The Balaban J connectivity index is 3.28. The smallest absolute Gasteiger partial charge is 0.190 e. The number of thioether (sulfide) groups is 1. The summed E-state index contributed by atoms with van der Waals surface area (Å²) in [5, 5.41) is 1.16. The molecule has 0 aromatic carbocycles. The van der Waals surface area contributed by atoms with E-state index in [4.69, 9.17) is 23.2 Å². The van der Waals surface area contributed by atoms with Crippen molar-refractivity contribution < 1.29 is 0 Å². The van der Waals surface area contributed by atoms with Crippen LogP contribution in [0.3, 0.4) is 0 Å². The Morgan fingerprint density at radius 3 is 2.15 bits per heavy atom. The zero-order valence-electron chi connectivity index (χ0n) is 7.06. The first-order valence-electron chi connectivity index (χ1n) is 3.38. The van der Waals surface area contributed by atoms with Gasteiger partial charge in [-0.2, -0.15) is 0 Å². The van der Waals surface area contributed by atoms with Crippen molar-refractivity contribution in [3.05, 3.63) is 15.9 Å². The Hall–Kier alpha value is -0.430. The van der Waals surface area contributed by atoms with Crippen LogP contribution >= 0.6 is 35.0 Å². The predicted octanol–water partition coefficient (Wildman–Crippen LogP) is 2.88. The van der Waals surface area contributed by atoms with Crippen LogP contribution < -0.4 is 0 Å². The first-order chi connectivity index (χ1) is 6.19. The van der Waals surface area contributed by atoms with Gasteiger partial charge in [-0.15, -0.1) is 5.92 Å². The van der Waals surface area contributed by atoms with Crippen molar-refractivity contribution in [2.45, 2.75) is 12.1 Å². The molecule has 0 aliphatic carbocycles. The molecule has 1 aromatic heterocycles. The second-order valence-corrected chi connectivity index (χ2v) is 3.53. The van der Waals surface area contributed by atoms with Gasteiger partial charge >= 0.3 is 0 Å². The van der Waals surface area contributed by atoms with Crippen molar-refractivity contribution in [1.29, 1.82) is 0 Å². The van der Waals surface area contributed by atoms with E-state index in [2.05, 4.69) is 21.8 Å². The molecule has 1 heterocycles. The average Bonchev–Trinajstić information content (AvgIpc) is 2.11. The summed E-state index contributed by atoms with van der Waals surface area (Å²) in [6, 6.07) is 0. The molecule has 0 N–H and O–H groups in total. The second-order valence-electron chi connectivity index (χ2n) is 2.04. The maximum atomic E-state index is 5.84. The van der Waals surface area contributed by atoms with Crippen LogP contribution in [0.2, 0.25) is 10.3 Å². The molecule has 0 radical (unpaired) electrons. The van der Waals surface area contributed by atoms with Crippen molar-refractivity contribution in [3.63, 3.8) is 0 Å². The van der Waals surface area contributed by atoms with Crippen molar-refractivity contribution in [2.75, 3.05) is 6.26 Å². The quantitative estimate of drug-likeness (QED) is 0.323. The molecule has 68 valence electrons. The van der Waals surface area contributed by atoms with Gasteiger partial charge in [-0.05, 0) is 13.2 Å². The first-order valence-corrected chi connectivity index (χ1v) is 5.37. The Morgan fingerprint density at radius 1 is 1.23 bits per heavy atom. The molecule has 5 heteroatoms. The minimum Gasteiger partial charge on any atom is -0.209 e. The summed E-state index contributed by atoms with van der Waals surface area (Å²) in [5.41, 5.74) is 0.489. The first kappa shape index (κ1) is 10.6. The zero-order chi connectivity index (χ0) is 9.84. The molecule has 2 nitrogen and oxygen atoms in total. The van der Waals surface area contributed by atoms with E-state index in [0.717, 1.165) is 0 Å². The van der Waals surface area contributed by atoms with Crippen molar-refractivity contribution in [1.82, 2.24) is 9.97 Å². The summed E-state index contributed by atoms with van der Waals surface area (Å²) in [7, 11) is 0. The van der Waals surface area contributed by atoms with Crippen LogP contribution in [-0.2, 0) is 0 Å². The van der Waals surface area contributed by atoms with Crippen LogP contribution in [0.1, 0.15) is 12.5 Å². The highest BCUT2D eigenvalue weighted by Gasteiger charge is 2.08. The van der Waals surface area contributed by atoms with E-state index < -0.39 is 0 Å². The van der Waals surface area contributed by atoms with Crippen molar-refractivity contribution in [2.24, 2.45) is 0 Å². The molecule has 0 aliphatic rings. The molecule has 13 heavy (non-hydrogen) atoms. The Morgan fingerprint density at radius 2 is 1.77 bits per heavy atom. The van der Waals surface area contributed by atoms with E-state index in [1.54, 1.807) is 6.92 Å². The average molecular weight is 233 g/mol.